The average molecular weight is 244 g/mol. The second-order valence-electron chi connectivity index (χ2n) is 3.66. The molecule has 0 saturated carbocycles. The summed E-state index contributed by atoms with van der Waals surface area (Å²) in [6.07, 6.45) is 3.55. The van der Waals surface area contributed by atoms with Gasteiger partial charge in [0.25, 0.3) is 0 Å². The van der Waals surface area contributed by atoms with Gasteiger partial charge in [0.1, 0.15) is 11.9 Å². The largest absolute Gasteiger partial charge is 0.364 e. The summed E-state index contributed by atoms with van der Waals surface area (Å²) in [5, 5.41) is 13.3. The maximum absolute atomic E-state index is 9.06. The van der Waals surface area contributed by atoms with Crippen LogP contribution in [0.4, 0.5) is 5.82 Å². The Morgan fingerprint density at radius 2 is 2.24 bits per heavy atom. The highest BCUT2D eigenvalue weighted by molar-refractivity contribution is 7.11. The van der Waals surface area contributed by atoms with Crippen LogP contribution in [0.25, 0.3) is 0 Å². The fourth-order valence-electron chi connectivity index (χ4n) is 1.49. The molecular weight excluding hydrogens is 232 g/mol. The molecule has 2 aromatic rings. The van der Waals surface area contributed by atoms with Crippen molar-refractivity contribution in [2.45, 2.75) is 20.4 Å². The number of nitrogens with zero attached hydrogens (tertiary/aromatic N) is 3. The molecule has 0 fully saturated rings. The second-order valence-corrected chi connectivity index (χ2v) is 4.98. The summed E-state index contributed by atoms with van der Waals surface area (Å²) >= 11 is 1.64. The van der Waals surface area contributed by atoms with Gasteiger partial charge in [0.15, 0.2) is 0 Å². The van der Waals surface area contributed by atoms with Crippen molar-refractivity contribution >= 4 is 17.2 Å². The molecule has 17 heavy (non-hydrogen) atoms. The fraction of sp³-hybridized carbons (Fsp3) is 0.250. The third-order valence-electron chi connectivity index (χ3n) is 2.37. The molecule has 5 heteroatoms. The maximum atomic E-state index is 9.06. The van der Waals surface area contributed by atoms with E-state index in [-0.39, 0.29) is 0 Å². The Morgan fingerprint density at radius 3 is 2.88 bits per heavy atom. The minimum Gasteiger partial charge on any atom is -0.364 e. The van der Waals surface area contributed by atoms with Gasteiger partial charge in [-0.15, -0.1) is 11.3 Å². The second kappa shape index (κ2) is 4.93. The van der Waals surface area contributed by atoms with E-state index in [1.165, 1.54) is 0 Å². The van der Waals surface area contributed by atoms with Crippen LogP contribution in [0.5, 0.6) is 0 Å². The van der Waals surface area contributed by atoms with Gasteiger partial charge in [0, 0.05) is 17.3 Å². The molecule has 0 aliphatic carbocycles. The number of hydrogen-bond acceptors (Lipinski definition) is 5. The first-order chi connectivity index (χ1) is 8.20. The van der Waals surface area contributed by atoms with Crippen LogP contribution in [0.15, 0.2) is 18.5 Å². The third kappa shape index (κ3) is 2.60. The first-order valence-electron chi connectivity index (χ1n) is 5.21. The van der Waals surface area contributed by atoms with Crippen molar-refractivity contribution in [3.05, 3.63) is 39.5 Å². The number of aryl methyl sites for hydroxylation is 2. The molecular formula is C12H12N4S. The molecule has 0 atom stereocenters. The molecule has 0 aliphatic heterocycles. The van der Waals surface area contributed by atoms with Crippen LogP contribution in [-0.2, 0) is 6.54 Å². The van der Waals surface area contributed by atoms with Gasteiger partial charge < -0.3 is 5.32 Å². The zero-order chi connectivity index (χ0) is 12.3. The Hall–Kier alpha value is -1.93. The molecule has 0 aliphatic rings. The number of hydrogen-bond donors (Lipinski definition) is 1. The average Bonchev–Trinajstić information content (AvgIpc) is 2.72. The topological polar surface area (TPSA) is 61.6 Å². The highest BCUT2D eigenvalue weighted by Crippen LogP contribution is 2.18. The summed E-state index contributed by atoms with van der Waals surface area (Å²) in [5.41, 5.74) is 1.54. The van der Waals surface area contributed by atoms with E-state index in [0.29, 0.717) is 17.9 Å². The summed E-state index contributed by atoms with van der Waals surface area (Å²) in [6, 6.07) is 4.00. The van der Waals surface area contributed by atoms with Crippen LogP contribution in [-0.4, -0.2) is 9.97 Å². The summed E-state index contributed by atoms with van der Waals surface area (Å²) in [4.78, 5) is 9.50. The molecule has 2 aromatic heterocycles. The molecule has 0 amide bonds. The number of rotatable bonds is 3. The predicted molar refractivity (Wildman–Crippen MR) is 67.9 cm³/mol. The van der Waals surface area contributed by atoms with E-state index >= 15 is 0 Å². The number of nitrogens with one attached hydrogen (secondary N) is 1. The van der Waals surface area contributed by atoms with Gasteiger partial charge in [-0.1, -0.05) is 0 Å². The minimum atomic E-state index is 0.605. The Balaban J connectivity index is 2.14. The Labute approximate surface area is 104 Å². The number of pyridine rings is 1. The van der Waals surface area contributed by atoms with Gasteiger partial charge >= 0.3 is 0 Å². The number of thiazole rings is 1. The van der Waals surface area contributed by atoms with Crippen LogP contribution in [0.3, 0.4) is 0 Å². The SMILES string of the molecule is Cc1ncc(CNc2nccc(C)c2C#N)s1. The Bertz CT molecular complexity index is 568. The molecule has 0 bridgehead atoms. The number of anilines is 1. The number of nitriles is 1. The van der Waals surface area contributed by atoms with Crippen molar-refractivity contribution in [3.8, 4) is 6.07 Å². The monoisotopic (exact) mass is 244 g/mol. The normalized spacial score (nSPS) is 9.94. The van der Waals surface area contributed by atoms with Crippen molar-refractivity contribution in [3.63, 3.8) is 0 Å². The van der Waals surface area contributed by atoms with Crippen LogP contribution < -0.4 is 5.32 Å². The van der Waals surface area contributed by atoms with Crippen molar-refractivity contribution < 1.29 is 0 Å². The Morgan fingerprint density at radius 1 is 1.41 bits per heavy atom. The van der Waals surface area contributed by atoms with Gasteiger partial charge in [-0.05, 0) is 25.5 Å². The van der Waals surface area contributed by atoms with Gasteiger partial charge in [-0.3, -0.25) is 0 Å². The van der Waals surface area contributed by atoms with E-state index in [4.69, 9.17) is 5.26 Å². The zero-order valence-corrected chi connectivity index (χ0v) is 10.5. The summed E-state index contributed by atoms with van der Waals surface area (Å²) in [7, 11) is 0. The van der Waals surface area contributed by atoms with Crippen molar-refractivity contribution in [1.82, 2.24) is 9.97 Å². The highest BCUT2D eigenvalue weighted by atomic mass is 32.1. The standard InChI is InChI=1S/C12H12N4S/c1-8-3-4-14-12(11(8)5-13)16-7-10-6-15-9(2)17-10/h3-4,6H,7H2,1-2H3,(H,14,16). The molecule has 86 valence electrons. The lowest BCUT2D eigenvalue weighted by molar-refractivity contribution is 1.11. The first-order valence-corrected chi connectivity index (χ1v) is 6.03. The van der Waals surface area contributed by atoms with Crippen LogP contribution in [0.1, 0.15) is 21.0 Å². The van der Waals surface area contributed by atoms with Crippen molar-refractivity contribution in [1.29, 1.82) is 5.26 Å². The molecule has 1 N–H and O–H groups in total. The molecule has 2 rings (SSSR count). The van der Waals surface area contributed by atoms with Gasteiger partial charge in [-0.25, -0.2) is 9.97 Å². The quantitative estimate of drug-likeness (QED) is 0.901. The molecule has 0 saturated heterocycles. The van der Waals surface area contributed by atoms with E-state index in [2.05, 4.69) is 21.4 Å². The molecule has 4 nitrogen and oxygen atoms in total. The lowest BCUT2D eigenvalue weighted by Gasteiger charge is -2.06. The minimum absolute atomic E-state index is 0.605. The van der Waals surface area contributed by atoms with Gasteiger partial charge in [0.2, 0.25) is 0 Å². The highest BCUT2D eigenvalue weighted by Gasteiger charge is 2.06. The summed E-state index contributed by atoms with van der Waals surface area (Å²) in [6.45, 7) is 4.53. The summed E-state index contributed by atoms with van der Waals surface area (Å²) < 4.78 is 0. The molecule has 0 unspecified atom stereocenters. The van der Waals surface area contributed by atoms with E-state index in [9.17, 15) is 0 Å². The summed E-state index contributed by atoms with van der Waals surface area (Å²) in [5.74, 6) is 0.638. The zero-order valence-electron chi connectivity index (χ0n) is 9.69. The predicted octanol–water partition coefficient (Wildman–Crippen LogP) is 2.64. The molecule has 0 aromatic carbocycles. The molecule has 0 radical (unpaired) electrons. The smallest absolute Gasteiger partial charge is 0.144 e. The van der Waals surface area contributed by atoms with Gasteiger partial charge in [-0.2, -0.15) is 5.26 Å². The first kappa shape index (κ1) is 11.6. The van der Waals surface area contributed by atoms with Crippen LogP contribution >= 0.6 is 11.3 Å². The molecule has 0 spiro atoms. The number of aromatic nitrogens is 2. The van der Waals surface area contributed by atoms with Crippen LogP contribution in [0.2, 0.25) is 0 Å². The lowest BCUT2D eigenvalue weighted by Crippen LogP contribution is -2.03. The van der Waals surface area contributed by atoms with Crippen molar-refractivity contribution in [2.24, 2.45) is 0 Å². The molecule has 2 heterocycles. The van der Waals surface area contributed by atoms with Crippen molar-refractivity contribution in [2.75, 3.05) is 5.32 Å². The van der Waals surface area contributed by atoms with E-state index in [1.54, 1.807) is 17.5 Å². The van der Waals surface area contributed by atoms with E-state index in [1.807, 2.05) is 26.1 Å². The van der Waals surface area contributed by atoms with Crippen LogP contribution in [0, 0.1) is 25.2 Å². The van der Waals surface area contributed by atoms with E-state index < -0.39 is 0 Å². The Kier molecular flexibility index (Phi) is 3.35. The third-order valence-corrected chi connectivity index (χ3v) is 3.28. The fourth-order valence-corrected chi connectivity index (χ4v) is 2.23. The maximum Gasteiger partial charge on any atom is 0.144 e. The van der Waals surface area contributed by atoms with Gasteiger partial charge in [0.05, 0.1) is 17.1 Å². The van der Waals surface area contributed by atoms with E-state index in [0.717, 1.165) is 15.4 Å². The lowest BCUT2D eigenvalue weighted by atomic mass is 10.1.